The molecule has 0 spiro atoms. The fraction of sp³-hybridized carbons (Fsp3) is 0.455. The standard InChI is InChI=1S/C22H28O/c1-3-22(18-10-6-4-7-11-18,19-12-8-5-9-13-19)20-14-16-21(23-2)17-15-20/h4,6-8,10-12,14,16-17,19-20H,3,5,9,13,15H2,1-2H3. The lowest BCUT2D eigenvalue weighted by molar-refractivity contribution is 0.204. The molecule has 0 aromatic heterocycles. The van der Waals surface area contributed by atoms with Crippen LogP contribution in [0.5, 0.6) is 0 Å². The van der Waals surface area contributed by atoms with E-state index in [0.29, 0.717) is 11.8 Å². The molecule has 1 aromatic rings. The zero-order valence-electron chi connectivity index (χ0n) is 14.4. The van der Waals surface area contributed by atoms with E-state index in [-0.39, 0.29) is 5.41 Å². The highest BCUT2D eigenvalue weighted by molar-refractivity contribution is 5.34. The van der Waals surface area contributed by atoms with Crippen LogP contribution in [0.3, 0.4) is 0 Å². The van der Waals surface area contributed by atoms with Gasteiger partial charge in [0, 0.05) is 5.41 Å². The Hall–Kier alpha value is -1.76. The van der Waals surface area contributed by atoms with Crippen LogP contribution < -0.4 is 0 Å². The van der Waals surface area contributed by atoms with Gasteiger partial charge in [-0.15, -0.1) is 0 Å². The van der Waals surface area contributed by atoms with Crippen molar-refractivity contribution in [2.24, 2.45) is 11.8 Å². The van der Waals surface area contributed by atoms with Crippen LogP contribution in [-0.2, 0) is 10.2 Å². The molecule has 0 amide bonds. The zero-order valence-corrected chi connectivity index (χ0v) is 14.4. The summed E-state index contributed by atoms with van der Waals surface area (Å²) in [5, 5.41) is 0. The molecule has 0 heterocycles. The van der Waals surface area contributed by atoms with Gasteiger partial charge in [-0.1, -0.05) is 55.5 Å². The maximum Gasteiger partial charge on any atom is 0.114 e. The lowest BCUT2D eigenvalue weighted by Gasteiger charge is -2.46. The third-order valence-corrected chi connectivity index (χ3v) is 5.78. The topological polar surface area (TPSA) is 9.23 Å². The Kier molecular flexibility index (Phi) is 5.05. The average Bonchev–Trinajstić information content (AvgIpc) is 2.65. The average molecular weight is 308 g/mol. The van der Waals surface area contributed by atoms with Crippen molar-refractivity contribution in [1.29, 1.82) is 0 Å². The summed E-state index contributed by atoms with van der Waals surface area (Å²) in [5.74, 6) is 2.15. The molecular formula is C22H28O. The highest BCUT2D eigenvalue weighted by atomic mass is 16.5. The smallest absolute Gasteiger partial charge is 0.114 e. The molecule has 0 saturated heterocycles. The van der Waals surface area contributed by atoms with Crippen LogP contribution in [0.1, 0.15) is 44.6 Å². The molecule has 3 atom stereocenters. The van der Waals surface area contributed by atoms with Gasteiger partial charge in [-0.2, -0.15) is 0 Å². The number of allylic oxidation sites excluding steroid dienone is 5. The molecule has 0 aliphatic heterocycles. The van der Waals surface area contributed by atoms with E-state index in [2.05, 4.69) is 67.6 Å². The Morgan fingerprint density at radius 3 is 2.52 bits per heavy atom. The third-order valence-electron chi connectivity index (χ3n) is 5.78. The third kappa shape index (κ3) is 3.02. The normalized spacial score (nSPS) is 26.4. The molecule has 1 aromatic carbocycles. The molecule has 0 fully saturated rings. The fourth-order valence-corrected chi connectivity index (χ4v) is 4.56. The second-order valence-corrected chi connectivity index (χ2v) is 6.74. The molecule has 122 valence electrons. The van der Waals surface area contributed by atoms with E-state index in [0.717, 1.165) is 18.6 Å². The van der Waals surface area contributed by atoms with Crippen molar-refractivity contribution >= 4 is 0 Å². The van der Waals surface area contributed by atoms with Crippen molar-refractivity contribution in [2.75, 3.05) is 7.11 Å². The van der Waals surface area contributed by atoms with Gasteiger partial charge >= 0.3 is 0 Å². The Morgan fingerprint density at radius 2 is 1.96 bits per heavy atom. The van der Waals surface area contributed by atoms with Crippen LogP contribution in [0.2, 0.25) is 0 Å². The van der Waals surface area contributed by atoms with Crippen molar-refractivity contribution in [3.8, 4) is 0 Å². The largest absolute Gasteiger partial charge is 0.497 e. The maximum absolute atomic E-state index is 5.40. The first-order valence-corrected chi connectivity index (χ1v) is 8.95. The van der Waals surface area contributed by atoms with E-state index < -0.39 is 0 Å². The summed E-state index contributed by atoms with van der Waals surface area (Å²) in [6, 6.07) is 11.2. The monoisotopic (exact) mass is 308 g/mol. The summed E-state index contributed by atoms with van der Waals surface area (Å²) in [7, 11) is 1.75. The van der Waals surface area contributed by atoms with Crippen molar-refractivity contribution in [2.45, 2.75) is 44.4 Å². The number of benzene rings is 1. The molecule has 2 aliphatic carbocycles. The van der Waals surface area contributed by atoms with Gasteiger partial charge in [0.1, 0.15) is 5.76 Å². The fourth-order valence-electron chi connectivity index (χ4n) is 4.56. The highest BCUT2D eigenvalue weighted by Crippen LogP contribution is 2.49. The molecular weight excluding hydrogens is 280 g/mol. The molecule has 0 saturated carbocycles. The van der Waals surface area contributed by atoms with Crippen LogP contribution in [0.25, 0.3) is 0 Å². The predicted octanol–water partition coefficient (Wildman–Crippen LogP) is 5.80. The van der Waals surface area contributed by atoms with Gasteiger partial charge in [0.05, 0.1) is 7.11 Å². The molecule has 0 radical (unpaired) electrons. The minimum atomic E-state index is 0.185. The van der Waals surface area contributed by atoms with Crippen molar-refractivity contribution in [1.82, 2.24) is 0 Å². The van der Waals surface area contributed by atoms with Gasteiger partial charge in [-0.3, -0.25) is 0 Å². The molecule has 2 aliphatic rings. The van der Waals surface area contributed by atoms with Gasteiger partial charge in [0.2, 0.25) is 0 Å². The Bertz CT molecular complexity index is 596. The Balaban J connectivity index is 2.03. The first kappa shape index (κ1) is 16.1. The predicted molar refractivity (Wildman–Crippen MR) is 97.2 cm³/mol. The summed E-state index contributed by atoms with van der Waals surface area (Å²) in [5.41, 5.74) is 1.67. The minimum Gasteiger partial charge on any atom is -0.497 e. The second-order valence-electron chi connectivity index (χ2n) is 6.74. The highest BCUT2D eigenvalue weighted by Gasteiger charge is 2.43. The van der Waals surface area contributed by atoms with Crippen molar-refractivity contribution < 1.29 is 4.74 Å². The lowest BCUT2D eigenvalue weighted by atomic mass is 9.57. The molecule has 1 nitrogen and oxygen atoms in total. The molecule has 23 heavy (non-hydrogen) atoms. The van der Waals surface area contributed by atoms with E-state index in [1.54, 1.807) is 7.11 Å². The minimum absolute atomic E-state index is 0.185. The summed E-state index contributed by atoms with van der Waals surface area (Å²) >= 11 is 0. The SMILES string of the molecule is CCC(c1ccccc1)(C1C=CC(OC)=CC1)C1C=CCCC1. The number of ether oxygens (including phenoxy) is 1. The molecule has 3 rings (SSSR count). The first-order chi connectivity index (χ1) is 11.3. The Labute approximate surface area is 140 Å². The molecule has 0 bridgehead atoms. The zero-order chi connectivity index (χ0) is 16.1. The summed E-state index contributed by atoms with van der Waals surface area (Å²) in [6.07, 6.45) is 17.8. The van der Waals surface area contributed by atoms with Gasteiger partial charge in [0.25, 0.3) is 0 Å². The number of hydrogen-bond donors (Lipinski definition) is 0. The second kappa shape index (κ2) is 7.21. The number of hydrogen-bond acceptors (Lipinski definition) is 1. The van der Waals surface area contributed by atoms with E-state index >= 15 is 0 Å². The van der Waals surface area contributed by atoms with Crippen LogP contribution in [0.4, 0.5) is 0 Å². The van der Waals surface area contributed by atoms with Crippen LogP contribution in [0.15, 0.2) is 66.5 Å². The summed E-state index contributed by atoms with van der Waals surface area (Å²) in [4.78, 5) is 0. The van der Waals surface area contributed by atoms with E-state index in [9.17, 15) is 0 Å². The summed E-state index contributed by atoms with van der Waals surface area (Å²) < 4.78 is 5.40. The van der Waals surface area contributed by atoms with Crippen molar-refractivity contribution in [3.63, 3.8) is 0 Å². The Morgan fingerprint density at radius 1 is 1.13 bits per heavy atom. The van der Waals surface area contributed by atoms with Gasteiger partial charge in [0.15, 0.2) is 0 Å². The lowest BCUT2D eigenvalue weighted by Crippen LogP contribution is -2.41. The molecule has 0 N–H and O–H groups in total. The van der Waals surface area contributed by atoms with Gasteiger partial charge in [-0.05, 0) is 61.7 Å². The van der Waals surface area contributed by atoms with E-state index in [1.165, 1.54) is 24.8 Å². The first-order valence-electron chi connectivity index (χ1n) is 8.95. The molecule has 3 unspecified atom stereocenters. The van der Waals surface area contributed by atoms with Crippen LogP contribution in [0, 0.1) is 11.8 Å². The van der Waals surface area contributed by atoms with Crippen LogP contribution >= 0.6 is 0 Å². The number of methoxy groups -OCH3 is 1. The van der Waals surface area contributed by atoms with Gasteiger partial charge in [-0.25, -0.2) is 0 Å². The van der Waals surface area contributed by atoms with E-state index in [1.807, 2.05) is 0 Å². The van der Waals surface area contributed by atoms with Crippen molar-refractivity contribution in [3.05, 3.63) is 72.0 Å². The summed E-state index contributed by atoms with van der Waals surface area (Å²) in [6.45, 7) is 2.36. The van der Waals surface area contributed by atoms with Gasteiger partial charge < -0.3 is 4.74 Å². The molecule has 1 heteroatoms. The maximum atomic E-state index is 5.40. The van der Waals surface area contributed by atoms with E-state index in [4.69, 9.17) is 4.74 Å². The van der Waals surface area contributed by atoms with Crippen LogP contribution in [-0.4, -0.2) is 7.11 Å². The quantitative estimate of drug-likeness (QED) is 0.625. The number of rotatable bonds is 5.